The molecule has 34 heteroatoms. The monoisotopic (exact) mass is 1360 g/mol. The van der Waals surface area contributed by atoms with Gasteiger partial charge in [0.2, 0.25) is 35.4 Å². The van der Waals surface area contributed by atoms with E-state index >= 15 is 0 Å². The van der Waals surface area contributed by atoms with Gasteiger partial charge in [-0.15, -0.1) is 0 Å². The standard InChI is InChI=1S/C61H111N13O21/c1-68(28-15-55(82)89-2)41-22-62-49(76)9-29-69(30-10-50(77)65-25-44-71(35-16-56(83)90-3)36-17-57(84)91-4)42-23-63-53(80)13-33-74(47-48-75)34-14-54(81)64-24-43-70(31-11-51(78)66-26-45-72(37-18-58(85)92-5)38-19-59(86)93-6)32-12-52(79)67-27-46-73(39-20-60(87)94-7)40-21-61(88)95-8/h75H,9-48H2,1-8H3,(H,62,76)(H,63,80)(H,64,81)(H,65,77)(H,66,78)(H,67,79). The van der Waals surface area contributed by atoms with E-state index in [1.54, 1.807) is 4.90 Å². The molecule has 0 aromatic heterocycles. The number of aliphatic hydroxyl groups excluding tert-OH is 1. The average molecular weight is 1360 g/mol. The van der Waals surface area contributed by atoms with Gasteiger partial charge in [0, 0.05) is 209 Å². The lowest BCUT2D eigenvalue weighted by Gasteiger charge is -2.24. The molecule has 0 rings (SSSR count). The first-order valence-electron chi connectivity index (χ1n) is 32.2. The van der Waals surface area contributed by atoms with E-state index < -0.39 is 35.8 Å². The second-order valence-electron chi connectivity index (χ2n) is 22.0. The fourth-order valence-electron chi connectivity index (χ4n) is 9.00. The fraction of sp³-hybridized carbons (Fsp3) is 0.787. The van der Waals surface area contributed by atoms with Crippen molar-refractivity contribution in [1.29, 1.82) is 0 Å². The first-order valence-corrected chi connectivity index (χ1v) is 32.2. The summed E-state index contributed by atoms with van der Waals surface area (Å²) in [7, 11) is 10.8. The molecule has 34 nitrogen and oxygen atoms in total. The van der Waals surface area contributed by atoms with Gasteiger partial charge in [0.05, 0.1) is 101 Å². The Bertz CT molecular complexity index is 2150. The molecular weight excluding hydrogens is 1250 g/mol. The molecule has 0 aliphatic carbocycles. The lowest BCUT2D eigenvalue weighted by atomic mass is 10.2. The highest BCUT2D eigenvalue weighted by atomic mass is 16.5. The summed E-state index contributed by atoms with van der Waals surface area (Å²) in [6, 6.07) is 0. The van der Waals surface area contributed by atoms with Crippen LogP contribution in [0.15, 0.2) is 0 Å². The van der Waals surface area contributed by atoms with E-state index in [2.05, 4.69) is 31.9 Å². The van der Waals surface area contributed by atoms with Crippen LogP contribution in [0.3, 0.4) is 0 Å². The van der Waals surface area contributed by atoms with E-state index in [1.807, 2.05) is 36.4 Å². The summed E-state index contributed by atoms with van der Waals surface area (Å²) in [5.74, 6) is -4.62. The van der Waals surface area contributed by atoms with Crippen LogP contribution in [0, 0.1) is 0 Å². The Balaban J connectivity index is 5.74. The number of esters is 7. The van der Waals surface area contributed by atoms with Gasteiger partial charge in [0.25, 0.3) is 0 Å². The second kappa shape index (κ2) is 57.1. The van der Waals surface area contributed by atoms with Crippen molar-refractivity contribution in [3.05, 3.63) is 0 Å². The molecular formula is C61H111N13O21. The number of likely N-dealkylation sites (N-methyl/N-ethyl adjacent to an activating group) is 1. The normalized spacial score (nSPS) is 11.2. The molecule has 7 N–H and O–H groups in total. The zero-order chi connectivity index (χ0) is 71.0. The van der Waals surface area contributed by atoms with Crippen molar-refractivity contribution in [2.45, 2.75) is 83.5 Å². The molecule has 0 saturated heterocycles. The summed E-state index contributed by atoms with van der Waals surface area (Å²) in [5, 5.41) is 27.1. The highest BCUT2D eigenvalue weighted by Gasteiger charge is 2.19. The Hall–Kier alpha value is -7.21. The number of methoxy groups -OCH3 is 7. The summed E-state index contributed by atoms with van der Waals surface area (Å²) >= 11 is 0. The van der Waals surface area contributed by atoms with Gasteiger partial charge in [0.1, 0.15) is 0 Å². The number of ether oxygens (including phenoxy) is 7. The number of hydrogen-bond donors (Lipinski definition) is 7. The molecule has 546 valence electrons. The van der Waals surface area contributed by atoms with Crippen LogP contribution in [0.25, 0.3) is 0 Å². The van der Waals surface area contributed by atoms with Crippen molar-refractivity contribution in [2.75, 3.05) is 234 Å². The van der Waals surface area contributed by atoms with Crippen molar-refractivity contribution in [1.82, 2.24) is 66.2 Å². The van der Waals surface area contributed by atoms with Crippen molar-refractivity contribution in [3.8, 4) is 0 Å². The topological polar surface area (TPSA) is 402 Å². The number of hydrogen-bond acceptors (Lipinski definition) is 28. The zero-order valence-electron chi connectivity index (χ0n) is 57.5. The summed E-state index contributed by atoms with van der Waals surface area (Å²) in [6.07, 6.45) is 0.959. The fourth-order valence-corrected chi connectivity index (χ4v) is 9.00. The number of amides is 6. The number of nitrogens with one attached hydrogen (secondary N) is 6. The summed E-state index contributed by atoms with van der Waals surface area (Å²) in [4.78, 5) is 174. The molecule has 0 fully saturated rings. The van der Waals surface area contributed by atoms with Crippen LogP contribution < -0.4 is 31.9 Å². The molecule has 0 spiro atoms. The van der Waals surface area contributed by atoms with Crippen LogP contribution in [-0.2, 0) is 95.5 Å². The lowest BCUT2D eigenvalue weighted by Crippen LogP contribution is -2.42. The molecule has 0 bridgehead atoms. The predicted molar refractivity (Wildman–Crippen MR) is 345 cm³/mol. The Morgan fingerprint density at radius 2 is 0.389 bits per heavy atom. The summed E-state index contributed by atoms with van der Waals surface area (Å²) in [6.45, 7) is 6.81. The van der Waals surface area contributed by atoms with Gasteiger partial charge in [-0.3, -0.25) is 62.3 Å². The third-order valence-electron chi connectivity index (χ3n) is 15.0. The third kappa shape index (κ3) is 50.8. The molecule has 0 atom stereocenters. The number of carbonyl (C=O) groups excluding carboxylic acids is 13. The minimum absolute atomic E-state index is 0.0181. The molecule has 95 heavy (non-hydrogen) atoms. The van der Waals surface area contributed by atoms with Crippen LogP contribution >= 0.6 is 0 Å². The van der Waals surface area contributed by atoms with Gasteiger partial charge in [-0.2, -0.15) is 0 Å². The molecule has 0 saturated carbocycles. The largest absolute Gasteiger partial charge is 0.469 e. The van der Waals surface area contributed by atoms with E-state index in [1.165, 1.54) is 49.8 Å². The van der Waals surface area contributed by atoms with Crippen LogP contribution in [-0.4, -0.2) is 350 Å². The Morgan fingerprint density at radius 3 is 0.568 bits per heavy atom. The van der Waals surface area contributed by atoms with E-state index in [0.29, 0.717) is 52.4 Å². The quantitative estimate of drug-likeness (QED) is 0.0224. The summed E-state index contributed by atoms with van der Waals surface area (Å²) in [5.41, 5.74) is 0. The van der Waals surface area contributed by atoms with Crippen LogP contribution in [0.4, 0.5) is 0 Å². The van der Waals surface area contributed by atoms with Crippen molar-refractivity contribution >= 4 is 77.2 Å². The van der Waals surface area contributed by atoms with E-state index in [4.69, 9.17) is 33.2 Å². The first kappa shape index (κ1) is 87.8. The molecule has 0 radical (unpaired) electrons. The van der Waals surface area contributed by atoms with Crippen LogP contribution in [0.1, 0.15) is 83.5 Å². The molecule has 0 unspecified atom stereocenters. The van der Waals surface area contributed by atoms with Gasteiger partial charge in [-0.25, -0.2) is 0 Å². The predicted octanol–water partition coefficient (Wildman–Crippen LogP) is -4.30. The minimum atomic E-state index is -0.426. The maximum atomic E-state index is 13.2. The highest BCUT2D eigenvalue weighted by molar-refractivity contribution is 5.79. The van der Waals surface area contributed by atoms with Crippen LogP contribution in [0.2, 0.25) is 0 Å². The molecule has 0 aromatic rings. The van der Waals surface area contributed by atoms with E-state index in [-0.39, 0.29) is 249 Å². The van der Waals surface area contributed by atoms with Gasteiger partial charge < -0.3 is 104 Å². The number of aliphatic hydroxyl groups is 1. The van der Waals surface area contributed by atoms with Crippen molar-refractivity contribution in [3.63, 3.8) is 0 Å². The molecule has 0 aromatic carbocycles. The Morgan fingerprint density at radius 1 is 0.232 bits per heavy atom. The highest BCUT2D eigenvalue weighted by Crippen LogP contribution is 2.04. The smallest absolute Gasteiger partial charge is 0.306 e. The average Bonchev–Trinajstić information content (AvgIpc) is 3.01. The first-order chi connectivity index (χ1) is 45.5. The number of rotatable bonds is 59. The van der Waals surface area contributed by atoms with Gasteiger partial charge in [-0.1, -0.05) is 0 Å². The lowest BCUT2D eigenvalue weighted by molar-refractivity contribution is -0.142. The third-order valence-corrected chi connectivity index (χ3v) is 15.0. The molecule has 0 aliphatic rings. The van der Waals surface area contributed by atoms with Crippen molar-refractivity contribution < 1.29 is 101 Å². The minimum Gasteiger partial charge on any atom is -0.469 e. The van der Waals surface area contributed by atoms with E-state index in [9.17, 15) is 67.4 Å². The van der Waals surface area contributed by atoms with Crippen LogP contribution in [0.5, 0.6) is 0 Å². The van der Waals surface area contributed by atoms with Gasteiger partial charge in [-0.05, 0) is 7.05 Å². The zero-order valence-corrected chi connectivity index (χ0v) is 57.5. The molecule has 0 aliphatic heterocycles. The summed E-state index contributed by atoms with van der Waals surface area (Å²) < 4.78 is 33.1. The maximum absolute atomic E-state index is 13.2. The van der Waals surface area contributed by atoms with E-state index in [0.717, 1.165) is 0 Å². The maximum Gasteiger partial charge on any atom is 0.306 e. The molecule has 6 amide bonds. The second-order valence-corrected chi connectivity index (χ2v) is 22.0. The van der Waals surface area contributed by atoms with Crippen molar-refractivity contribution in [2.24, 2.45) is 0 Å². The van der Waals surface area contributed by atoms with Gasteiger partial charge >= 0.3 is 41.8 Å². The Kier molecular flexibility index (Phi) is 52.7. The Labute approximate surface area is 559 Å². The van der Waals surface area contributed by atoms with Gasteiger partial charge in [0.15, 0.2) is 0 Å². The molecule has 0 heterocycles. The number of carbonyl (C=O) groups is 13. The SMILES string of the molecule is COC(=O)CCN(C)CCNC(=O)CCN(CCNC(=O)CCN(CCO)CCC(=O)NCCN(CCC(=O)NCCN(CCC(=O)OC)CCC(=O)OC)CCC(=O)NCCN(CCC(=O)OC)CCC(=O)OC)CCC(=O)NCCN(CCC(=O)OC)CCC(=O)OC. The number of nitrogens with zero attached hydrogens (tertiary/aromatic N) is 7.